The Morgan fingerprint density at radius 3 is 2.39 bits per heavy atom. The first-order valence-electron chi connectivity index (χ1n) is 13.3. The maximum Gasteiger partial charge on any atom is 0.279 e. The Morgan fingerprint density at radius 1 is 0.976 bits per heavy atom. The minimum absolute atomic E-state index is 0.0372. The number of rotatable bonds is 5. The van der Waals surface area contributed by atoms with Crippen LogP contribution in [0.25, 0.3) is 33.6 Å². The molecule has 3 aromatic carbocycles. The first kappa shape index (κ1) is 26.3. The van der Waals surface area contributed by atoms with Crippen LogP contribution in [0.15, 0.2) is 83.3 Å². The molecule has 1 aliphatic rings. The van der Waals surface area contributed by atoms with Gasteiger partial charge in [-0.2, -0.15) is 0 Å². The zero-order chi connectivity index (χ0) is 28.9. The summed E-state index contributed by atoms with van der Waals surface area (Å²) in [5.74, 6) is -0.0293. The van der Waals surface area contributed by atoms with E-state index in [4.69, 9.17) is 14.1 Å². The molecular weight excluding hydrogens is 521 g/mol. The Morgan fingerprint density at radius 2 is 1.68 bits per heavy atom. The number of nitrogens with one attached hydrogen (secondary N) is 1. The van der Waals surface area contributed by atoms with Crippen LogP contribution in [-0.4, -0.2) is 35.5 Å². The van der Waals surface area contributed by atoms with E-state index in [9.17, 15) is 14.0 Å². The maximum atomic E-state index is 13.7. The topological polar surface area (TPSA) is 84.7 Å². The summed E-state index contributed by atoms with van der Waals surface area (Å²) >= 11 is 0. The average molecular weight is 550 g/mol. The molecule has 0 saturated heterocycles. The summed E-state index contributed by atoms with van der Waals surface area (Å²) in [7, 11) is 1.58. The molecule has 41 heavy (non-hydrogen) atoms. The van der Waals surface area contributed by atoms with Crippen LogP contribution in [0.3, 0.4) is 0 Å². The molecule has 1 aliphatic heterocycles. The van der Waals surface area contributed by atoms with Gasteiger partial charge in [0.25, 0.3) is 11.8 Å². The second kappa shape index (κ2) is 9.89. The van der Waals surface area contributed by atoms with Crippen LogP contribution >= 0.6 is 0 Å². The minimum Gasteiger partial charge on any atom is -0.471 e. The zero-order valence-electron chi connectivity index (χ0n) is 23.1. The number of furan rings is 1. The molecule has 8 heteroatoms. The van der Waals surface area contributed by atoms with Crippen molar-refractivity contribution < 1.29 is 23.1 Å². The molecule has 206 valence electrons. The molecule has 0 spiro atoms. The Bertz CT molecular complexity index is 1810. The van der Waals surface area contributed by atoms with E-state index in [-0.39, 0.29) is 30.1 Å². The molecule has 0 saturated carbocycles. The summed E-state index contributed by atoms with van der Waals surface area (Å²) in [4.78, 5) is 33.0. The molecule has 1 N–H and O–H groups in total. The zero-order valence-corrected chi connectivity index (χ0v) is 23.1. The van der Waals surface area contributed by atoms with Crippen molar-refractivity contribution in [3.8, 4) is 28.3 Å². The van der Waals surface area contributed by atoms with Gasteiger partial charge in [-0.05, 0) is 68.8 Å². The molecule has 7 nitrogen and oxygen atoms in total. The van der Waals surface area contributed by atoms with Gasteiger partial charge in [0, 0.05) is 23.6 Å². The number of halogens is 1. The van der Waals surface area contributed by atoms with E-state index in [2.05, 4.69) is 5.32 Å². The lowest BCUT2D eigenvalue weighted by molar-refractivity contribution is 0.0158. The fourth-order valence-corrected chi connectivity index (χ4v) is 5.14. The fraction of sp³-hybridized carbons (Fsp3) is 0.182. The van der Waals surface area contributed by atoms with Gasteiger partial charge in [0.05, 0.1) is 16.8 Å². The lowest BCUT2D eigenvalue weighted by atomic mass is 9.91. The number of benzene rings is 3. The molecule has 3 heterocycles. The lowest BCUT2D eigenvalue weighted by Gasteiger charge is -2.41. The smallest absolute Gasteiger partial charge is 0.279 e. The van der Waals surface area contributed by atoms with Crippen LogP contribution < -0.4 is 10.1 Å². The number of ether oxygens (including phenoxy) is 1. The van der Waals surface area contributed by atoms with Crippen molar-refractivity contribution in [2.45, 2.75) is 26.3 Å². The SMILES string of the molecule is CNC(=O)c1c(-c2ccc(C)cc2)oc2ccc(-c3ccc4c(n3)C(=O)N(C(C)(C)c3ccc(F)cc3)CO4)cc12. The fourth-order valence-electron chi connectivity index (χ4n) is 5.14. The van der Waals surface area contributed by atoms with Crippen LogP contribution in [0.2, 0.25) is 0 Å². The molecule has 2 aromatic heterocycles. The van der Waals surface area contributed by atoms with E-state index in [1.807, 2.05) is 57.2 Å². The van der Waals surface area contributed by atoms with Crippen molar-refractivity contribution in [1.82, 2.24) is 15.2 Å². The normalized spacial score (nSPS) is 13.2. The molecule has 0 radical (unpaired) electrons. The number of amides is 2. The lowest BCUT2D eigenvalue weighted by Crippen LogP contribution is -2.50. The second-order valence-corrected chi connectivity index (χ2v) is 10.6. The number of aryl methyl sites for hydroxylation is 1. The maximum absolute atomic E-state index is 13.7. The predicted molar refractivity (Wildman–Crippen MR) is 154 cm³/mol. The van der Waals surface area contributed by atoms with Crippen molar-refractivity contribution in [3.05, 3.63) is 107 Å². The van der Waals surface area contributed by atoms with E-state index in [1.165, 1.54) is 12.1 Å². The van der Waals surface area contributed by atoms with Crippen LogP contribution in [0.5, 0.6) is 5.75 Å². The predicted octanol–water partition coefficient (Wildman–Crippen LogP) is 6.70. The van der Waals surface area contributed by atoms with E-state index in [0.29, 0.717) is 39.3 Å². The van der Waals surface area contributed by atoms with Gasteiger partial charge in [0.1, 0.15) is 17.2 Å². The minimum atomic E-state index is -0.773. The molecule has 5 aromatic rings. The number of carbonyl (C=O) groups is 2. The van der Waals surface area contributed by atoms with Gasteiger partial charge in [-0.1, -0.05) is 42.0 Å². The van der Waals surface area contributed by atoms with Crippen molar-refractivity contribution in [2.75, 3.05) is 13.8 Å². The molecular formula is C33H28FN3O4. The van der Waals surface area contributed by atoms with E-state index in [1.54, 1.807) is 42.3 Å². The number of hydrogen-bond acceptors (Lipinski definition) is 5. The van der Waals surface area contributed by atoms with Crippen LogP contribution in [-0.2, 0) is 5.54 Å². The van der Waals surface area contributed by atoms with Crippen LogP contribution in [0.4, 0.5) is 4.39 Å². The molecule has 0 aliphatic carbocycles. The van der Waals surface area contributed by atoms with Crippen LogP contribution in [0, 0.1) is 12.7 Å². The molecule has 2 amide bonds. The Balaban J connectivity index is 1.40. The highest BCUT2D eigenvalue weighted by Gasteiger charge is 2.38. The van der Waals surface area contributed by atoms with Crippen LogP contribution in [0.1, 0.15) is 45.8 Å². The van der Waals surface area contributed by atoms with Gasteiger partial charge in [-0.3, -0.25) is 14.5 Å². The molecule has 0 atom stereocenters. The van der Waals surface area contributed by atoms with E-state index in [0.717, 1.165) is 16.7 Å². The summed E-state index contributed by atoms with van der Waals surface area (Å²) in [6.07, 6.45) is 0. The van der Waals surface area contributed by atoms with Gasteiger partial charge in [-0.15, -0.1) is 0 Å². The van der Waals surface area contributed by atoms with Crippen molar-refractivity contribution in [3.63, 3.8) is 0 Å². The van der Waals surface area contributed by atoms with E-state index < -0.39 is 5.54 Å². The second-order valence-electron chi connectivity index (χ2n) is 10.6. The quantitative estimate of drug-likeness (QED) is 0.264. The van der Waals surface area contributed by atoms with Gasteiger partial charge in [0.15, 0.2) is 18.2 Å². The summed E-state index contributed by atoms with van der Waals surface area (Å²) in [6.45, 7) is 5.80. The molecule has 6 rings (SSSR count). The molecule has 0 fully saturated rings. The monoisotopic (exact) mass is 549 g/mol. The number of aromatic nitrogens is 1. The standard InChI is InChI=1S/C33H28FN3O4/c1-19-5-7-20(8-6-19)30-28(31(38)35-4)24-17-21(9-15-26(24)41-30)25-14-16-27-29(36-25)32(39)37(18-40-27)33(2,3)22-10-12-23(34)13-11-22/h5-17H,18H2,1-4H3,(H,35,38). The third-order valence-electron chi connectivity index (χ3n) is 7.63. The number of carbonyl (C=O) groups excluding carboxylic acids is 2. The first-order valence-corrected chi connectivity index (χ1v) is 13.3. The third kappa shape index (κ3) is 4.51. The summed E-state index contributed by atoms with van der Waals surface area (Å²) in [5, 5.41) is 3.36. The summed E-state index contributed by atoms with van der Waals surface area (Å²) in [6, 6.07) is 22.9. The first-order chi connectivity index (χ1) is 19.7. The van der Waals surface area contributed by atoms with Crippen molar-refractivity contribution in [2.24, 2.45) is 0 Å². The Labute approximate surface area is 236 Å². The third-order valence-corrected chi connectivity index (χ3v) is 7.63. The van der Waals surface area contributed by atoms with Crippen molar-refractivity contribution in [1.29, 1.82) is 0 Å². The number of fused-ring (bicyclic) bond motifs is 2. The largest absolute Gasteiger partial charge is 0.471 e. The average Bonchev–Trinajstić information content (AvgIpc) is 3.36. The van der Waals surface area contributed by atoms with Gasteiger partial charge >= 0.3 is 0 Å². The Kier molecular flexibility index (Phi) is 6.33. The highest BCUT2D eigenvalue weighted by atomic mass is 19.1. The van der Waals surface area contributed by atoms with E-state index >= 15 is 0 Å². The summed E-state index contributed by atoms with van der Waals surface area (Å²) in [5.41, 5.74) is 4.33. The number of nitrogens with zero attached hydrogens (tertiary/aromatic N) is 2. The highest BCUT2D eigenvalue weighted by Crippen LogP contribution is 2.38. The number of pyridine rings is 1. The molecule has 0 unspecified atom stereocenters. The van der Waals surface area contributed by atoms with Gasteiger partial charge in [0.2, 0.25) is 0 Å². The highest BCUT2D eigenvalue weighted by molar-refractivity contribution is 6.11. The number of hydrogen-bond donors (Lipinski definition) is 1. The van der Waals surface area contributed by atoms with Gasteiger partial charge in [-0.25, -0.2) is 9.37 Å². The van der Waals surface area contributed by atoms with Crippen molar-refractivity contribution >= 4 is 22.8 Å². The Hall–Kier alpha value is -4.98. The molecule has 0 bridgehead atoms. The summed E-state index contributed by atoms with van der Waals surface area (Å²) < 4.78 is 25.6. The van der Waals surface area contributed by atoms with Gasteiger partial charge < -0.3 is 14.5 Å².